The fraction of sp³-hybridized carbons (Fsp3) is 0.750. The summed E-state index contributed by atoms with van der Waals surface area (Å²) in [5.74, 6) is 1.85. The van der Waals surface area contributed by atoms with Crippen LogP contribution in [0.2, 0.25) is 0 Å². The second-order valence-electron chi connectivity index (χ2n) is 8.13. The summed E-state index contributed by atoms with van der Waals surface area (Å²) < 4.78 is 10.6. The molecule has 26 heavy (non-hydrogen) atoms. The third kappa shape index (κ3) is 3.82. The number of nitrogens with one attached hydrogen (secondary N) is 1. The molecule has 6 nitrogen and oxygen atoms in total. The highest BCUT2D eigenvalue weighted by Crippen LogP contribution is 2.37. The number of nitrogens with zero attached hydrogens (tertiary/aromatic N) is 2. The number of piperidine rings is 3. The van der Waals surface area contributed by atoms with Gasteiger partial charge in [0.1, 0.15) is 0 Å². The lowest BCUT2D eigenvalue weighted by atomic mass is 9.75. The molecule has 1 N–H and O–H groups in total. The molecule has 1 aromatic heterocycles. The summed E-state index contributed by atoms with van der Waals surface area (Å²) in [7, 11) is 1.81. The molecule has 1 amide bonds. The van der Waals surface area contributed by atoms with E-state index >= 15 is 0 Å². The summed E-state index contributed by atoms with van der Waals surface area (Å²) >= 11 is 0. The molecule has 5 atom stereocenters. The number of ether oxygens (including phenoxy) is 1. The fourth-order valence-corrected chi connectivity index (χ4v) is 5.19. The molecule has 4 aliphatic rings. The third-order valence-corrected chi connectivity index (χ3v) is 6.58. The minimum absolute atomic E-state index is 0.103. The van der Waals surface area contributed by atoms with Crippen LogP contribution in [0, 0.1) is 11.8 Å². The molecule has 4 saturated heterocycles. The van der Waals surface area contributed by atoms with Gasteiger partial charge in [0, 0.05) is 38.8 Å². The summed E-state index contributed by atoms with van der Waals surface area (Å²) in [5.41, 5.74) is 0. The van der Waals surface area contributed by atoms with Crippen molar-refractivity contribution in [1.29, 1.82) is 0 Å². The number of carbonyl (C=O) groups is 1. The summed E-state index contributed by atoms with van der Waals surface area (Å²) in [6.07, 6.45) is 6.62. The summed E-state index contributed by atoms with van der Waals surface area (Å²) in [5, 5.41) is 3.05. The summed E-state index contributed by atoms with van der Waals surface area (Å²) in [4.78, 5) is 17.4. The van der Waals surface area contributed by atoms with Gasteiger partial charge in [0.05, 0.1) is 12.9 Å². The smallest absolute Gasteiger partial charge is 0.287 e. The highest BCUT2D eigenvalue weighted by molar-refractivity contribution is 5.91. The molecule has 0 saturated carbocycles. The minimum Gasteiger partial charge on any atom is -0.459 e. The molecule has 6 heteroatoms. The maximum absolute atomic E-state index is 12.1. The second-order valence-corrected chi connectivity index (χ2v) is 8.13. The number of hydrogen-bond donors (Lipinski definition) is 1. The van der Waals surface area contributed by atoms with E-state index in [0.29, 0.717) is 17.8 Å². The van der Waals surface area contributed by atoms with E-state index in [-0.39, 0.29) is 5.91 Å². The number of rotatable bonds is 7. The van der Waals surface area contributed by atoms with Gasteiger partial charge >= 0.3 is 0 Å². The zero-order valence-electron chi connectivity index (χ0n) is 15.7. The van der Waals surface area contributed by atoms with Crippen LogP contribution >= 0.6 is 0 Å². The van der Waals surface area contributed by atoms with E-state index in [1.54, 1.807) is 18.4 Å². The van der Waals surface area contributed by atoms with Gasteiger partial charge in [0.25, 0.3) is 5.91 Å². The van der Waals surface area contributed by atoms with Crippen molar-refractivity contribution in [3.8, 4) is 0 Å². The Bertz CT molecular complexity index is 591. The lowest BCUT2D eigenvalue weighted by Gasteiger charge is -2.51. The van der Waals surface area contributed by atoms with Crippen molar-refractivity contribution >= 4 is 5.91 Å². The van der Waals surface area contributed by atoms with E-state index < -0.39 is 0 Å². The first-order valence-electron chi connectivity index (χ1n) is 10.0. The highest BCUT2D eigenvalue weighted by atomic mass is 16.5. The Balaban J connectivity index is 1.28. The molecule has 5 heterocycles. The lowest BCUT2D eigenvalue weighted by Crippen LogP contribution is -2.58. The van der Waals surface area contributed by atoms with E-state index in [9.17, 15) is 4.79 Å². The Morgan fingerprint density at radius 1 is 1.35 bits per heavy atom. The maximum Gasteiger partial charge on any atom is 0.287 e. The molecule has 144 valence electrons. The third-order valence-electron chi connectivity index (χ3n) is 6.58. The summed E-state index contributed by atoms with van der Waals surface area (Å²) in [6, 6.07) is 4.54. The van der Waals surface area contributed by atoms with Crippen molar-refractivity contribution in [2.24, 2.45) is 11.8 Å². The van der Waals surface area contributed by atoms with E-state index in [1.807, 2.05) is 7.11 Å². The highest BCUT2D eigenvalue weighted by Gasteiger charge is 2.41. The van der Waals surface area contributed by atoms with Crippen LogP contribution in [0.1, 0.15) is 36.2 Å². The predicted molar refractivity (Wildman–Crippen MR) is 99.1 cm³/mol. The number of methoxy groups -OCH3 is 1. The van der Waals surface area contributed by atoms with Crippen LogP contribution in [0.4, 0.5) is 0 Å². The van der Waals surface area contributed by atoms with Crippen LogP contribution < -0.4 is 5.32 Å². The molecular formula is C20H31N3O3. The SMILES string of the molecule is COC[C@@H]1CCCN1C[C@@H]1CN2CC[C@H]1C[C@@H]2CNC(=O)c1ccco1. The van der Waals surface area contributed by atoms with Crippen LogP contribution in [0.15, 0.2) is 22.8 Å². The number of likely N-dealkylation sites (tertiary alicyclic amines) is 1. The van der Waals surface area contributed by atoms with Crippen LogP contribution in [0.25, 0.3) is 0 Å². The van der Waals surface area contributed by atoms with Gasteiger partial charge in [-0.05, 0) is 62.7 Å². The van der Waals surface area contributed by atoms with Gasteiger partial charge in [-0.3, -0.25) is 14.6 Å². The Morgan fingerprint density at radius 2 is 2.27 bits per heavy atom. The number of fused-ring (bicyclic) bond motifs is 3. The first-order chi connectivity index (χ1) is 12.7. The van der Waals surface area contributed by atoms with Crippen LogP contribution in [0.3, 0.4) is 0 Å². The van der Waals surface area contributed by atoms with Gasteiger partial charge in [-0.25, -0.2) is 0 Å². The number of furan rings is 1. The molecule has 0 aromatic carbocycles. The van der Waals surface area contributed by atoms with Crippen molar-refractivity contribution in [2.45, 2.75) is 37.8 Å². The molecule has 0 aliphatic carbocycles. The second kappa shape index (κ2) is 8.11. The summed E-state index contributed by atoms with van der Waals surface area (Å²) in [6.45, 7) is 6.36. The molecular weight excluding hydrogens is 330 g/mol. The normalized spacial score (nSPS) is 34.3. The van der Waals surface area contributed by atoms with Crippen molar-refractivity contribution in [1.82, 2.24) is 15.1 Å². The molecule has 0 radical (unpaired) electrons. The van der Waals surface area contributed by atoms with Crippen molar-refractivity contribution in [3.63, 3.8) is 0 Å². The Labute approximate surface area is 155 Å². The van der Waals surface area contributed by atoms with E-state index in [2.05, 4.69) is 15.1 Å². The predicted octanol–water partition coefficient (Wildman–Crippen LogP) is 1.83. The monoisotopic (exact) mass is 361 g/mol. The quantitative estimate of drug-likeness (QED) is 0.803. The molecule has 4 aliphatic heterocycles. The fourth-order valence-electron chi connectivity index (χ4n) is 5.19. The van der Waals surface area contributed by atoms with Crippen molar-refractivity contribution in [2.75, 3.05) is 46.4 Å². The molecule has 1 unspecified atom stereocenters. The van der Waals surface area contributed by atoms with E-state index in [1.165, 1.54) is 51.9 Å². The zero-order valence-corrected chi connectivity index (χ0v) is 15.7. The molecule has 0 spiro atoms. The van der Waals surface area contributed by atoms with Crippen molar-refractivity contribution < 1.29 is 13.9 Å². The van der Waals surface area contributed by atoms with E-state index in [4.69, 9.17) is 9.15 Å². The van der Waals surface area contributed by atoms with E-state index in [0.717, 1.165) is 25.0 Å². The molecule has 1 aromatic rings. The number of carbonyl (C=O) groups excluding carboxylic acids is 1. The molecule has 5 rings (SSSR count). The Hall–Kier alpha value is -1.37. The maximum atomic E-state index is 12.1. The van der Waals surface area contributed by atoms with Gasteiger partial charge in [-0.2, -0.15) is 0 Å². The van der Waals surface area contributed by atoms with Gasteiger partial charge in [0.2, 0.25) is 0 Å². The lowest BCUT2D eigenvalue weighted by molar-refractivity contribution is -0.0167. The zero-order chi connectivity index (χ0) is 17.9. The molecule has 2 bridgehead atoms. The number of hydrogen-bond acceptors (Lipinski definition) is 5. The van der Waals surface area contributed by atoms with Crippen LogP contribution in [-0.2, 0) is 4.74 Å². The van der Waals surface area contributed by atoms with Gasteiger partial charge in [-0.1, -0.05) is 0 Å². The van der Waals surface area contributed by atoms with Crippen LogP contribution in [0.5, 0.6) is 0 Å². The average Bonchev–Trinajstić information content (AvgIpc) is 3.34. The first kappa shape index (κ1) is 18.0. The average molecular weight is 361 g/mol. The molecule has 4 fully saturated rings. The Morgan fingerprint density at radius 3 is 3.00 bits per heavy atom. The topological polar surface area (TPSA) is 58.0 Å². The van der Waals surface area contributed by atoms with Crippen molar-refractivity contribution in [3.05, 3.63) is 24.2 Å². The minimum atomic E-state index is -0.103. The largest absolute Gasteiger partial charge is 0.459 e. The van der Waals surface area contributed by atoms with Gasteiger partial charge < -0.3 is 14.5 Å². The standard InChI is InChI=1S/C20H31N3O3/c1-25-14-17-4-2-7-22(17)12-16-13-23-8-6-15(16)10-18(23)11-21-20(24)19-5-3-9-26-19/h3,5,9,15-18H,2,4,6-8,10-14H2,1H3,(H,21,24)/t15-,16+,17-,18+/m0/s1. The van der Waals surface area contributed by atoms with Crippen LogP contribution in [-0.4, -0.2) is 74.2 Å². The number of amides is 1. The Kier molecular flexibility index (Phi) is 5.62. The van der Waals surface area contributed by atoms with Gasteiger partial charge in [-0.15, -0.1) is 0 Å². The van der Waals surface area contributed by atoms with Gasteiger partial charge in [0.15, 0.2) is 5.76 Å². The first-order valence-corrected chi connectivity index (χ1v) is 10.0.